The molecule has 0 aliphatic heterocycles. The number of carbonyl (C=O) groups excluding carboxylic acids is 1. The lowest BCUT2D eigenvalue weighted by atomic mass is 10.1. The van der Waals surface area contributed by atoms with Gasteiger partial charge in [-0.1, -0.05) is 0 Å². The Morgan fingerprint density at radius 2 is 2.33 bits per heavy atom. The first-order valence-corrected chi connectivity index (χ1v) is 6.18. The second-order valence-corrected chi connectivity index (χ2v) is 4.44. The average molecular weight is 285 g/mol. The van der Waals surface area contributed by atoms with Crippen molar-refractivity contribution < 1.29 is 9.53 Å². The molecule has 0 bridgehead atoms. The van der Waals surface area contributed by atoms with E-state index in [0.29, 0.717) is 22.6 Å². The number of anilines is 1. The van der Waals surface area contributed by atoms with E-state index in [1.807, 2.05) is 6.07 Å². The van der Waals surface area contributed by atoms with Gasteiger partial charge in [-0.15, -0.1) is 0 Å². The molecule has 1 heterocycles. The molecule has 0 saturated heterocycles. The molecule has 2 aromatic rings. The largest absolute Gasteiger partial charge is 0.495 e. The molecule has 0 spiro atoms. The van der Waals surface area contributed by atoms with Gasteiger partial charge in [-0.25, -0.2) is 0 Å². The molecule has 108 valence electrons. The van der Waals surface area contributed by atoms with Crippen LogP contribution in [0.1, 0.15) is 17.2 Å². The molecule has 0 radical (unpaired) electrons. The maximum absolute atomic E-state index is 12.2. The average Bonchev–Trinajstić information content (AvgIpc) is 2.93. The number of aryl methyl sites for hydroxylation is 1. The predicted octanol–water partition coefficient (Wildman–Crippen LogP) is 0.939. The molecule has 7 heteroatoms. The highest BCUT2D eigenvalue weighted by Gasteiger charge is 2.18. The minimum Gasteiger partial charge on any atom is -0.495 e. The van der Waals surface area contributed by atoms with E-state index in [0.717, 1.165) is 0 Å². The zero-order chi connectivity index (χ0) is 15.4. The van der Waals surface area contributed by atoms with Crippen LogP contribution in [0.5, 0.6) is 5.75 Å². The van der Waals surface area contributed by atoms with Gasteiger partial charge in [0.15, 0.2) is 0 Å². The summed E-state index contributed by atoms with van der Waals surface area (Å²) in [6.07, 6.45) is 3.22. The van der Waals surface area contributed by atoms with Crippen molar-refractivity contribution in [1.29, 1.82) is 5.26 Å². The lowest BCUT2D eigenvalue weighted by Crippen LogP contribution is -2.27. The smallest absolute Gasteiger partial charge is 0.246 e. The van der Waals surface area contributed by atoms with Crippen LogP contribution in [0.2, 0.25) is 0 Å². The Morgan fingerprint density at radius 1 is 1.57 bits per heavy atom. The van der Waals surface area contributed by atoms with Gasteiger partial charge in [-0.3, -0.25) is 9.48 Å². The zero-order valence-electron chi connectivity index (χ0n) is 11.7. The Morgan fingerprint density at radius 3 is 2.90 bits per heavy atom. The number of benzene rings is 1. The van der Waals surface area contributed by atoms with Gasteiger partial charge in [0.25, 0.3) is 0 Å². The number of nitrogens with one attached hydrogen (secondary N) is 1. The Hall–Kier alpha value is -2.85. The lowest BCUT2D eigenvalue weighted by Gasteiger charge is -2.13. The number of ether oxygens (including phenoxy) is 1. The topological polar surface area (TPSA) is 106 Å². The van der Waals surface area contributed by atoms with Crippen molar-refractivity contribution in [3.05, 3.63) is 41.7 Å². The number of methoxy groups -OCH3 is 1. The highest BCUT2D eigenvalue weighted by Crippen LogP contribution is 2.26. The fourth-order valence-corrected chi connectivity index (χ4v) is 1.83. The second kappa shape index (κ2) is 6.07. The number of amides is 1. The third-order valence-corrected chi connectivity index (χ3v) is 2.95. The fraction of sp³-hybridized carbons (Fsp3) is 0.214. The van der Waals surface area contributed by atoms with Crippen molar-refractivity contribution in [3.63, 3.8) is 0 Å². The van der Waals surface area contributed by atoms with Gasteiger partial charge in [-0.2, -0.15) is 10.4 Å². The van der Waals surface area contributed by atoms with Gasteiger partial charge in [0.2, 0.25) is 5.91 Å². The Bertz CT molecular complexity index is 702. The summed E-state index contributed by atoms with van der Waals surface area (Å²) >= 11 is 0. The van der Waals surface area contributed by atoms with E-state index in [-0.39, 0.29) is 5.91 Å². The molecule has 1 aromatic heterocycles. The molecule has 2 rings (SSSR count). The van der Waals surface area contributed by atoms with Crippen molar-refractivity contribution >= 4 is 11.6 Å². The summed E-state index contributed by atoms with van der Waals surface area (Å²) in [6, 6.07) is 5.91. The molecule has 7 nitrogen and oxygen atoms in total. The molecule has 1 unspecified atom stereocenters. The van der Waals surface area contributed by atoms with Crippen LogP contribution in [-0.2, 0) is 11.8 Å². The molecule has 1 aromatic carbocycles. The van der Waals surface area contributed by atoms with Crippen LogP contribution in [0.25, 0.3) is 0 Å². The predicted molar refractivity (Wildman–Crippen MR) is 76.5 cm³/mol. The molecule has 1 atom stereocenters. The number of nitriles is 1. The molecule has 0 fully saturated rings. The summed E-state index contributed by atoms with van der Waals surface area (Å²) in [5.74, 6) is 0.0202. The number of nitrogens with zero attached hydrogens (tertiary/aromatic N) is 3. The number of hydrogen-bond donors (Lipinski definition) is 2. The maximum atomic E-state index is 12.2. The molecule has 3 N–H and O–H groups in total. The van der Waals surface area contributed by atoms with Crippen LogP contribution in [0.3, 0.4) is 0 Å². The minimum absolute atomic E-state index is 0.383. The summed E-state index contributed by atoms with van der Waals surface area (Å²) in [4.78, 5) is 12.2. The molecular weight excluding hydrogens is 270 g/mol. The number of nitrogens with two attached hydrogens (primary N) is 1. The van der Waals surface area contributed by atoms with Crippen LogP contribution in [-0.4, -0.2) is 22.8 Å². The van der Waals surface area contributed by atoms with Gasteiger partial charge >= 0.3 is 0 Å². The SMILES string of the molecule is COc1cc(C#N)ccc1NC(=O)C(N)c1cnn(C)c1. The molecule has 1 amide bonds. The van der Waals surface area contributed by atoms with Gasteiger partial charge in [0.1, 0.15) is 11.8 Å². The van der Waals surface area contributed by atoms with Crippen molar-refractivity contribution in [1.82, 2.24) is 9.78 Å². The van der Waals surface area contributed by atoms with Gasteiger partial charge in [0.05, 0.1) is 30.6 Å². The first-order valence-electron chi connectivity index (χ1n) is 6.18. The zero-order valence-corrected chi connectivity index (χ0v) is 11.7. The normalized spacial score (nSPS) is 11.5. The second-order valence-electron chi connectivity index (χ2n) is 4.44. The summed E-state index contributed by atoms with van der Waals surface area (Å²) in [6.45, 7) is 0. The van der Waals surface area contributed by atoms with Gasteiger partial charge < -0.3 is 15.8 Å². The van der Waals surface area contributed by atoms with Gasteiger partial charge in [0, 0.05) is 24.9 Å². The Labute approximate surface area is 121 Å². The van der Waals surface area contributed by atoms with E-state index < -0.39 is 6.04 Å². The van der Waals surface area contributed by atoms with E-state index in [4.69, 9.17) is 15.7 Å². The summed E-state index contributed by atoms with van der Waals surface area (Å²) < 4.78 is 6.73. The summed E-state index contributed by atoms with van der Waals surface area (Å²) in [5, 5.41) is 15.5. The maximum Gasteiger partial charge on any atom is 0.246 e. The van der Waals surface area contributed by atoms with Crippen LogP contribution >= 0.6 is 0 Å². The van der Waals surface area contributed by atoms with Crippen molar-refractivity contribution in [2.75, 3.05) is 12.4 Å². The quantitative estimate of drug-likeness (QED) is 0.869. The van der Waals surface area contributed by atoms with Crippen LogP contribution in [0.4, 0.5) is 5.69 Å². The van der Waals surface area contributed by atoms with Crippen molar-refractivity contribution in [2.45, 2.75) is 6.04 Å². The summed E-state index contributed by atoms with van der Waals surface area (Å²) in [7, 11) is 3.21. The number of carbonyl (C=O) groups is 1. The molecule has 0 aliphatic rings. The minimum atomic E-state index is -0.834. The van der Waals surface area contributed by atoms with E-state index in [9.17, 15) is 4.79 Å². The lowest BCUT2D eigenvalue weighted by molar-refractivity contribution is -0.117. The first-order chi connectivity index (χ1) is 10.0. The molecule has 21 heavy (non-hydrogen) atoms. The third-order valence-electron chi connectivity index (χ3n) is 2.95. The van der Waals surface area contributed by atoms with Crippen LogP contribution in [0, 0.1) is 11.3 Å². The Kier molecular flexibility index (Phi) is 4.21. The van der Waals surface area contributed by atoms with Crippen LogP contribution in [0.15, 0.2) is 30.6 Å². The van der Waals surface area contributed by atoms with E-state index in [1.165, 1.54) is 7.11 Å². The first kappa shape index (κ1) is 14.6. The van der Waals surface area contributed by atoms with Crippen molar-refractivity contribution in [2.24, 2.45) is 12.8 Å². The number of hydrogen-bond acceptors (Lipinski definition) is 5. The number of aromatic nitrogens is 2. The number of rotatable bonds is 4. The van der Waals surface area contributed by atoms with E-state index in [1.54, 1.807) is 42.3 Å². The van der Waals surface area contributed by atoms with E-state index in [2.05, 4.69) is 10.4 Å². The van der Waals surface area contributed by atoms with Crippen LogP contribution < -0.4 is 15.8 Å². The third kappa shape index (κ3) is 3.19. The molecule has 0 saturated carbocycles. The van der Waals surface area contributed by atoms with Crippen molar-refractivity contribution in [3.8, 4) is 11.8 Å². The Balaban J connectivity index is 2.18. The summed E-state index contributed by atoms with van der Waals surface area (Å²) in [5.41, 5.74) is 7.41. The van der Waals surface area contributed by atoms with E-state index >= 15 is 0 Å². The molecular formula is C14H15N5O2. The standard InChI is InChI=1S/C14H15N5O2/c1-19-8-10(7-17-19)13(16)14(20)18-11-4-3-9(6-15)5-12(11)21-2/h3-5,7-8,13H,16H2,1-2H3,(H,18,20). The highest BCUT2D eigenvalue weighted by molar-refractivity contribution is 5.96. The highest BCUT2D eigenvalue weighted by atomic mass is 16.5. The van der Waals surface area contributed by atoms with Gasteiger partial charge in [-0.05, 0) is 12.1 Å². The monoisotopic (exact) mass is 285 g/mol. The fourth-order valence-electron chi connectivity index (χ4n) is 1.83. The molecule has 0 aliphatic carbocycles.